The van der Waals surface area contributed by atoms with Crippen LogP contribution >= 0.6 is 11.3 Å². The average molecular weight is 821 g/mol. The van der Waals surface area contributed by atoms with Crippen LogP contribution in [0.5, 0.6) is 0 Å². The SMILES string of the molecule is c1ccc(-c2ccccc2-c2ccccc2-c2ccc(N(c3cccc(-c4cccc5c6ccccc6n(-c6ccccc6)c45)c3)c3ccc4c(c3)sc3ccccc34)cc2)cc1. The molecule has 0 bridgehead atoms. The number of rotatable bonds is 8. The van der Waals surface area contributed by atoms with Gasteiger partial charge in [0, 0.05) is 59.3 Å². The summed E-state index contributed by atoms with van der Waals surface area (Å²) in [6.45, 7) is 0. The standard InChI is InChI=1S/C60H40N2S/c1-3-17-41(18-4-1)48-23-7-9-25-51(48)52-26-10-8-24-49(52)42-33-35-45(36-34-42)61(47-37-38-55-54-28-12-14-32-58(54)63-59(55)40-47)46-22-15-19-43(39-46)50-29-16-30-56-53-27-11-13-31-57(53)62(60(50)56)44-20-5-2-6-21-44/h1-40H. The molecule has 12 aromatic rings. The molecular formula is C60H40N2S. The van der Waals surface area contributed by atoms with E-state index < -0.39 is 0 Å². The molecule has 10 aromatic carbocycles. The summed E-state index contributed by atoms with van der Waals surface area (Å²) in [5.41, 5.74) is 16.5. The zero-order chi connectivity index (χ0) is 41.7. The molecule has 0 aliphatic heterocycles. The molecule has 0 atom stereocenters. The molecule has 0 saturated heterocycles. The summed E-state index contributed by atoms with van der Waals surface area (Å²) in [5.74, 6) is 0. The molecule has 0 spiro atoms. The zero-order valence-electron chi connectivity index (χ0n) is 34.4. The quantitative estimate of drug-likeness (QED) is 0.148. The van der Waals surface area contributed by atoms with E-state index in [1.54, 1.807) is 0 Å². The van der Waals surface area contributed by atoms with Crippen molar-refractivity contribution in [3.05, 3.63) is 243 Å². The van der Waals surface area contributed by atoms with Crippen LogP contribution in [0.4, 0.5) is 17.1 Å². The second-order valence-electron chi connectivity index (χ2n) is 16.1. The first-order chi connectivity index (χ1) is 31.3. The number of nitrogens with zero attached hydrogens (tertiary/aromatic N) is 2. The third kappa shape index (κ3) is 6.41. The lowest BCUT2D eigenvalue weighted by atomic mass is 9.89. The molecule has 3 heteroatoms. The van der Waals surface area contributed by atoms with Crippen molar-refractivity contribution in [2.45, 2.75) is 0 Å². The number of hydrogen-bond acceptors (Lipinski definition) is 2. The van der Waals surface area contributed by atoms with Gasteiger partial charge in [0.1, 0.15) is 0 Å². The second-order valence-corrected chi connectivity index (χ2v) is 17.1. The number of para-hydroxylation sites is 3. The minimum Gasteiger partial charge on any atom is -0.310 e. The molecular weight excluding hydrogens is 781 g/mol. The fourth-order valence-corrected chi connectivity index (χ4v) is 10.7. The molecule has 0 fully saturated rings. The summed E-state index contributed by atoms with van der Waals surface area (Å²) >= 11 is 1.86. The Hall–Kier alpha value is -7.98. The van der Waals surface area contributed by atoms with Gasteiger partial charge in [-0.15, -0.1) is 11.3 Å². The molecule has 0 unspecified atom stereocenters. The molecule has 0 radical (unpaired) electrons. The van der Waals surface area contributed by atoms with Crippen LogP contribution in [0, 0.1) is 0 Å². The van der Waals surface area contributed by atoms with Gasteiger partial charge in [-0.25, -0.2) is 0 Å². The zero-order valence-corrected chi connectivity index (χ0v) is 35.2. The lowest BCUT2D eigenvalue weighted by Crippen LogP contribution is -2.10. The van der Waals surface area contributed by atoms with Crippen LogP contribution < -0.4 is 4.90 Å². The molecule has 63 heavy (non-hydrogen) atoms. The normalized spacial score (nSPS) is 11.5. The van der Waals surface area contributed by atoms with Gasteiger partial charge in [-0.3, -0.25) is 0 Å². The molecule has 0 N–H and O–H groups in total. The Bertz CT molecular complexity index is 3620. The minimum atomic E-state index is 1.09. The van der Waals surface area contributed by atoms with Gasteiger partial charge >= 0.3 is 0 Å². The van der Waals surface area contributed by atoms with Crippen LogP contribution in [0.2, 0.25) is 0 Å². The van der Waals surface area contributed by atoms with Gasteiger partial charge in [0.25, 0.3) is 0 Å². The minimum absolute atomic E-state index is 1.09. The maximum atomic E-state index is 2.43. The number of aromatic nitrogens is 1. The smallest absolute Gasteiger partial charge is 0.0619 e. The highest BCUT2D eigenvalue weighted by Gasteiger charge is 2.20. The molecule has 0 aliphatic carbocycles. The molecule has 0 saturated carbocycles. The van der Waals surface area contributed by atoms with Crippen molar-refractivity contribution in [3.63, 3.8) is 0 Å². The largest absolute Gasteiger partial charge is 0.310 e. The lowest BCUT2D eigenvalue weighted by Gasteiger charge is -2.26. The third-order valence-corrected chi connectivity index (χ3v) is 13.5. The first kappa shape index (κ1) is 36.8. The van der Waals surface area contributed by atoms with Crippen molar-refractivity contribution in [2.24, 2.45) is 0 Å². The van der Waals surface area contributed by atoms with Crippen molar-refractivity contribution < 1.29 is 0 Å². The summed E-state index contributed by atoms with van der Waals surface area (Å²) in [7, 11) is 0. The highest BCUT2D eigenvalue weighted by atomic mass is 32.1. The predicted molar refractivity (Wildman–Crippen MR) is 270 cm³/mol. The van der Waals surface area contributed by atoms with Crippen molar-refractivity contribution >= 4 is 70.4 Å². The second kappa shape index (κ2) is 15.5. The Morgan fingerprint density at radius 3 is 1.59 bits per heavy atom. The van der Waals surface area contributed by atoms with Gasteiger partial charge in [0.2, 0.25) is 0 Å². The molecule has 12 rings (SSSR count). The molecule has 0 aliphatic rings. The van der Waals surface area contributed by atoms with E-state index in [9.17, 15) is 0 Å². The maximum absolute atomic E-state index is 2.43. The number of benzene rings is 10. The van der Waals surface area contributed by atoms with E-state index in [-0.39, 0.29) is 0 Å². The van der Waals surface area contributed by atoms with E-state index in [4.69, 9.17) is 0 Å². The van der Waals surface area contributed by atoms with Crippen LogP contribution in [0.1, 0.15) is 0 Å². The number of fused-ring (bicyclic) bond motifs is 6. The van der Waals surface area contributed by atoms with Crippen molar-refractivity contribution in [1.82, 2.24) is 4.57 Å². The van der Waals surface area contributed by atoms with Crippen LogP contribution in [0.25, 0.3) is 92.2 Å². The summed E-state index contributed by atoms with van der Waals surface area (Å²) in [4.78, 5) is 2.42. The van der Waals surface area contributed by atoms with Crippen LogP contribution in [-0.4, -0.2) is 4.57 Å². The van der Waals surface area contributed by atoms with Gasteiger partial charge in [-0.2, -0.15) is 0 Å². The van der Waals surface area contributed by atoms with Crippen molar-refractivity contribution in [1.29, 1.82) is 0 Å². The Balaban J connectivity index is 1.01. The Morgan fingerprint density at radius 2 is 0.825 bits per heavy atom. The highest BCUT2D eigenvalue weighted by molar-refractivity contribution is 7.25. The number of hydrogen-bond donors (Lipinski definition) is 0. The van der Waals surface area contributed by atoms with Crippen molar-refractivity contribution in [2.75, 3.05) is 4.90 Å². The van der Waals surface area contributed by atoms with Gasteiger partial charge in [0.05, 0.1) is 11.0 Å². The maximum Gasteiger partial charge on any atom is 0.0619 e. The first-order valence-electron chi connectivity index (χ1n) is 21.5. The van der Waals surface area contributed by atoms with Crippen LogP contribution in [0.15, 0.2) is 243 Å². The summed E-state index contributed by atoms with van der Waals surface area (Å²) in [5, 5.41) is 5.08. The van der Waals surface area contributed by atoms with Crippen LogP contribution in [-0.2, 0) is 0 Å². The van der Waals surface area contributed by atoms with E-state index in [1.165, 1.54) is 80.9 Å². The number of anilines is 3. The Morgan fingerprint density at radius 1 is 0.302 bits per heavy atom. The van der Waals surface area contributed by atoms with Gasteiger partial charge in [-0.05, 0) is 99.6 Å². The highest BCUT2D eigenvalue weighted by Crippen LogP contribution is 2.45. The van der Waals surface area contributed by atoms with E-state index >= 15 is 0 Å². The fourth-order valence-electron chi connectivity index (χ4n) is 9.56. The monoisotopic (exact) mass is 820 g/mol. The Labute approximate surface area is 370 Å². The van der Waals surface area contributed by atoms with Gasteiger partial charge in [-0.1, -0.05) is 182 Å². The average Bonchev–Trinajstić information content (AvgIpc) is 3.91. The summed E-state index contributed by atoms with van der Waals surface area (Å²) < 4.78 is 5.00. The first-order valence-corrected chi connectivity index (χ1v) is 22.3. The fraction of sp³-hybridized carbons (Fsp3) is 0. The van der Waals surface area contributed by atoms with E-state index in [1.807, 2.05) is 11.3 Å². The van der Waals surface area contributed by atoms with E-state index in [0.717, 1.165) is 28.3 Å². The third-order valence-electron chi connectivity index (χ3n) is 12.4. The van der Waals surface area contributed by atoms with Gasteiger partial charge in [0.15, 0.2) is 0 Å². The predicted octanol–water partition coefficient (Wildman–Crippen LogP) is 17.3. The molecule has 0 amide bonds. The number of thiophene rings is 1. The Kier molecular flexibility index (Phi) is 9.06. The van der Waals surface area contributed by atoms with E-state index in [2.05, 4.69) is 252 Å². The molecule has 2 heterocycles. The topological polar surface area (TPSA) is 8.17 Å². The van der Waals surface area contributed by atoms with Gasteiger partial charge < -0.3 is 9.47 Å². The van der Waals surface area contributed by atoms with Crippen LogP contribution in [0.3, 0.4) is 0 Å². The van der Waals surface area contributed by atoms with E-state index in [0.29, 0.717) is 0 Å². The summed E-state index contributed by atoms with van der Waals surface area (Å²) in [6.07, 6.45) is 0. The van der Waals surface area contributed by atoms with Crippen molar-refractivity contribution in [3.8, 4) is 50.2 Å². The molecule has 2 aromatic heterocycles. The molecule has 2 nitrogen and oxygen atoms in total. The molecule has 296 valence electrons. The lowest BCUT2D eigenvalue weighted by molar-refractivity contribution is 1.18. The summed E-state index contributed by atoms with van der Waals surface area (Å²) in [6, 6.07) is 88.3.